The summed E-state index contributed by atoms with van der Waals surface area (Å²) in [6, 6.07) is 8.60. The van der Waals surface area contributed by atoms with Crippen LogP contribution in [0, 0.1) is 5.92 Å². The second-order valence-electron chi connectivity index (χ2n) is 3.60. The molecule has 0 aromatic heterocycles. The first-order valence-electron chi connectivity index (χ1n) is 4.87. The largest absolute Gasteiger partial charge is 0.337 e. The molecule has 4 heteroatoms. The predicted octanol–water partition coefficient (Wildman–Crippen LogP) is 1.38. The summed E-state index contributed by atoms with van der Waals surface area (Å²) in [6.07, 6.45) is 0. The lowest BCUT2D eigenvalue weighted by molar-refractivity contribution is -0.121. The summed E-state index contributed by atoms with van der Waals surface area (Å²) in [4.78, 5) is 24.5. The molecule has 1 heterocycles. The maximum Gasteiger partial charge on any atom is 0.328 e. The number of anilines is 1. The van der Waals surface area contributed by atoms with Gasteiger partial charge in [-0.2, -0.15) is 0 Å². The van der Waals surface area contributed by atoms with Crippen molar-refractivity contribution in [2.24, 2.45) is 5.92 Å². The number of amides is 3. The zero-order chi connectivity index (χ0) is 10.8. The van der Waals surface area contributed by atoms with Crippen LogP contribution < -0.4 is 10.2 Å². The summed E-state index contributed by atoms with van der Waals surface area (Å²) >= 11 is 0. The number of carbonyl (C=O) groups excluding carboxylic acids is 2. The molecule has 1 aliphatic heterocycles. The van der Waals surface area contributed by atoms with Crippen LogP contribution >= 0.6 is 0 Å². The SMILES string of the molecule is C[C@H]1CNC(=O)N(c2ccccc2)C1=O. The summed E-state index contributed by atoms with van der Waals surface area (Å²) in [6.45, 7) is 2.22. The molecule has 4 nitrogen and oxygen atoms in total. The number of imide groups is 1. The molecular formula is C11H12N2O2. The van der Waals surface area contributed by atoms with Gasteiger partial charge in [-0.25, -0.2) is 9.69 Å². The van der Waals surface area contributed by atoms with Gasteiger partial charge in [-0.15, -0.1) is 0 Å². The highest BCUT2D eigenvalue weighted by atomic mass is 16.2. The third kappa shape index (κ3) is 1.70. The van der Waals surface area contributed by atoms with Gasteiger partial charge >= 0.3 is 6.03 Å². The van der Waals surface area contributed by atoms with Gasteiger partial charge in [0.1, 0.15) is 0 Å². The summed E-state index contributed by atoms with van der Waals surface area (Å²) in [7, 11) is 0. The van der Waals surface area contributed by atoms with E-state index in [4.69, 9.17) is 0 Å². The second kappa shape index (κ2) is 3.73. The summed E-state index contributed by atoms with van der Waals surface area (Å²) < 4.78 is 0. The third-order valence-corrected chi connectivity index (χ3v) is 2.42. The van der Waals surface area contributed by atoms with E-state index >= 15 is 0 Å². The molecule has 1 aliphatic rings. The van der Waals surface area contributed by atoms with Crippen molar-refractivity contribution < 1.29 is 9.59 Å². The van der Waals surface area contributed by atoms with Gasteiger partial charge in [0.25, 0.3) is 0 Å². The highest BCUT2D eigenvalue weighted by molar-refractivity contribution is 6.16. The van der Waals surface area contributed by atoms with Crippen molar-refractivity contribution in [2.75, 3.05) is 11.4 Å². The minimum Gasteiger partial charge on any atom is -0.337 e. The van der Waals surface area contributed by atoms with Crippen molar-refractivity contribution in [2.45, 2.75) is 6.92 Å². The Labute approximate surface area is 87.9 Å². The van der Waals surface area contributed by atoms with Crippen LogP contribution in [0.5, 0.6) is 0 Å². The molecule has 0 radical (unpaired) electrons. The van der Waals surface area contributed by atoms with E-state index in [1.54, 1.807) is 31.2 Å². The molecule has 3 amide bonds. The molecule has 1 atom stereocenters. The van der Waals surface area contributed by atoms with Crippen LogP contribution in [0.15, 0.2) is 30.3 Å². The number of rotatable bonds is 1. The molecular weight excluding hydrogens is 192 g/mol. The van der Waals surface area contributed by atoms with E-state index in [-0.39, 0.29) is 17.9 Å². The fraction of sp³-hybridized carbons (Fsp3) is 0.273. The van der Waals surface area contributed by atoms with E-state index in [2.05, 4.69) is 5.32 Å². The van der Waals surface area contributed by atoms with Gasteiger partial charge in [-0.1, -0.05) is 25.1 Å². The van der Waals surface area contributed by atoms with E-state index in [1.165, 1.54) is 4.90 Å². The van der Waals surface area contributed by atoms with Crippen molar-refractivity contribution in [3.8, 4) is 0 Å². The lowest BCUT2D eigenvalue weighted by Gasteiger charge is -2.29. The Morgan fingerprint density at radius 3 is 2.60 bits per heavy atom. The maximum absolute atomic E-state index is 11.8. The zero-order valence-corrected chi connectivity index (χ0v) is 8.43. The van der Waals surface area contributed by atoms with Gasteiger partial charge in [-0.3, -0.25) is 4.79 Å². The van der Waals surface area contributed by atoms with Crippen LogP contribution in [0.1, 0.15) is 6.92 Å². The normalized spacial score (nSPS) is 21.4. The number of hydrogen-bond acceptors (Lipinski definition) is 2. The average Bonchev–Trinajstić information content (AvgIpc) is 2.26. The Balaban J connectivity index is 2.34. The molecule has 1 aromatic rings. The highest BCUT2D eigenvalue weighted by Crippen LogP contribution is 2.18. The third-order valence-electron chi connectivity index (χ3n) is 2.42. The highest BCUT2D eigenvalue weighted by Gasteiger charge is 2.32. The number of nitrogens with zero attached hydrogens (tertiary/aromatic N) is 1. The Kier molecular flexibility index (Phi) is 2.41. The van der Waals surface area contributed by atoms with Gasteiger partial charge in [0.2, 0.25) is 5.91 Å². The molecule has 0 saturated carbocycles. The Bertz CT molecular complexity index is 389. The van der Waals surface area contributed by atoms with Crippen LogP contribution in [0.25, 0.3) is 0 Å². The Morgan fingerprint density at radius 1 is 1.27 bits per heavy atom. The monoisotopic (exact) mass is 204 g/mol. The predicted molar refractivity (Wildman–Crippen MR) is 56.5 cm³/mol. The first kappa shape index (κ1) is 9.71. The van der Waals surface area contributed by atoms with E-state index in [9.17, 15) is 9.59 Å². The molecule has 1 aromatic carbocycles. The van der Waals surface area contributed by atoms with Crippen molar-refractivity contribution in [1.82, 2.24) is 5.32 Å². The Hall–Kier alpha value is -1.84. The fourth-order valence-corrected chi connectivity index (χ4v) is 1.55. The van der Waals surface area contributed by atoms with Crippen LogP contribution in [0.4, 0.5) is 10.5 Å². The van der Waals surface area contributed by atoms with Crippen molar-refractivity contribution in [1.29, 1.82) is 0 Å². The molecule has 0 aliphatic carbocycles. The first-order chi connectivity index (χ1) is 7.20. The maximum atomic E-state index is 11.8. The van der Waals surface area contributed by atoms with Gasteiger partial charge < -0.3 is 5.32 Å². The molecule has 1 fully saturated rings. The van der Waals surface area contributed by atoms with Crippen LogP contribution in [-0.2, 0) is 4.79 Å². The number of hydrogen-bond donors (Lipinski definition) is 1. The van der Waals surface area contributed by atoms with E-state index in [0.29, 0.717) is 12.2 Å². The lowest BCUT2D eigenvalue weighted by atomic mass is 10.1. The topological polar surface area (TPSA) is 49.4 Å². The molecule has 1 N–H and O–H groups in total. The smallest absolute Gasteiger partial charge is 0.328 e. The minimum absolute atomic E-state index is 0.148. The van der Waals surface area contributed by atoms with Gasteiger partial charge in [0.05, 0.1) is 11.6 Å². The number of para-hydroxylation sites is 1. The van der Waals surface area contributed by atoms with Crippen LogP contribution in [-0.4, -0.2) is 18.5 Å². The van der Waals surface area contributed by atoms with Crippen LogP contribution in [0.2, 0.25) is 0 Å². The summed E-state index contributed by atoms with van der Waals surface area (Å²) in [5.74, 6) is -0.312. The molecule has 0 spiro atoms. The van der Waals surface area contributed by atoms with E-state index in [1.807, 2.05) is 6.07 Å². The number of urea groups is 1. The molecule has 2 rings (SSSR count). The van der Waals surface area contributed by atoms with Gasteiger partial charge in [0.15, 0.2) is 0 Å². The summed E-state index contributed by atoms with van der Waals surface area (Å²) in [5, 5.41) is 2.68. The Morgan fingerprint density at radius 2 is 1.93 bits per heavy atom. The van der Waals surface area contributed by atoms with Crippen molar-refractivity contribution >= 4 is 17.6 Å². The van der Waals surface area contributed by atoms with E-state index < -0.39 is 0 Å². The number of benzene rings is 1. The number of nitrogens with one attached hydrogen (secondary N) is 1. The fourth-order valence-electron chi connectivity index (χ4n) is 1.55. The number of carbonyl (C=O) groups is 2. The standard InChI is InChI=1S/C11H12N2O2/c1-8-7-12-11(15)13(10(8)14)9-5-3-2-4-6-9/h2-6,8H,7H2,1H3,(H,12,15)/t8-/m0/s1. The van der Waals surface area contributed by atoms with Crippen molar-refractivity contribution in [3.05, 3.63) is 30.3 Å². The average molecular weight is 204 g/mol. The first-order valence-corrected chi connectivity index (χ1v) is 4.87. The summed E-state index contributed by atoms with van der Waals surface area (Å²) in [5.41, 5.74) is 0.617. The van der Waals surface area contributed by atoms with Crippen molar-refractivity contribution in [3.63, 3.8) is 0 Å². The second-order valence-corrected chi connectivity index (χ2v) is 3.60. The molecule has 1 saturated heterocycles. The molecule has 15 heavy (non-hydrogen) atoms. The minimum atomic E-state index is -0.343. The quantitative estimate of drug-likeness (QED) is 0.751. The molecule has 78 valence electrons. The zero-order valence-electron chi connectivity index (χ0n) is 8.43. The van der Waals surface area contributed by atoms with E-state index in [0.717, 1.165) is 0 Å². The molecule has 0 unspecified atom stereocenters. The van der Waals surface area contributed by atoms with Gasteiger partial charge in [-0.05, 0) is 12.1 Å². The lowest BCUT2D eigenvalue weighted by Crippen LogP contribution is -2.54. The van der Waals surface area contributed by atoms with Crippen LogP contribution in [0.3, 0.4) is 0 Å². The van der Waals surface area contributed by atoms with Gasteiger partial charge in [0, 0.05) is 6.54 Å². The molecule has 0 bridgehead atoms.